The summed E-state index contributed by atoms with van der Waals surface area (Å²) in [5.41, 5.74) is 3.53. The van der Waals surface area contributed by atoms with Gasteiger partial charge in [0.1, 0.15) is 0 Å². The molecule has 0 spiro atoms. The quantitative estimate of drug-likeness (QED) is 0.525. The average Bonchev–Trinajstić information content (AvgIpc) is 2.85. The van der Waals surface area contributed by atoms with Gasteiger partial charge in [-0.15, -0.1) is 0 Å². The van der Waals surface area contributed by atoms with Crippen molar-refractivity contribution in [3.8, 4) is 0 Å². The van der Waals surface area contributed by atoms with Gasteiger partial charge in [-0.3, -0.25) is 5.43 Å². The van der Waals surface area contributed by atoms with Gasteiger partial charge in [-0.1, -0.05) is 42.0 Å². The smallest absolute Gasteiger partial charge is 0.162 e. The monoisotopic (exact) mass is 264 g/mol. The number of rotatable bonds is 3. The van der Waals surface area contributed by atoms with Gasteiger partial charge in [-0.25, -0.2) is 0 Å². The van der Waals surface area contributed by atoms with Crippen molar-refractivity contribution in [2.75, 3.05) is 0 Å². The average molecular weight is 265 g/mol. The number of thiocarbonyl (C=S) groups is 1. The Labute approximate surface area is 109 Å². The first kappa shape index (κ1) is 11.8. The van der Waals surface area contributed by atoms with E-state index < -0.39 is 0 Å². The summed E-state index contributed by atoms with van der Waals surface area (Å²) in [7, 11) is 0. The van der Waals surface area contributed by atoms with E-state index >= 15 is 0 Å². The number of halogens is 1. The van der Waals surface area contributed by atoms with E-state index in [0.29, 0.717) is 15.8 Å². The molecule has 0 bridgehead atoms. The third kappa shape index (κ3) is 3.15. The number of nitrogens with one attached hydrogen (secondary N) is 1. The van der Waals surface area contributed by atoms with Crippen LogP contribution in [0.5, 0.6) is 0 Å². The SMILES string of the molecule is S=C(N/N=C/c1ccccc1Cl)c1ccco1. The fourth-order valence-corrected chi connectivity index (χ4v) is 1.56. The van der Waals surface area contributed by atoms with Crippen LogP contribution in [-0.2, 0) is 0 Å². The summed E-state index contributed by atoms with van der Waals surface area (Å²) in [5.74, 6) is 0.580. The molecule has 0 amide bonds. The third-order valence-corrected chi connectivity index (χ3v) is 2.66. The van der Waals surface area contributed by atoms with Crippen molar-refractivity contribution in [3.63, 3.8) is 0 Å². The molecule has 5 heteroatoms. The lowest BCUT2D eigenvalue weighted by Crippen LogP contribution is -2.15. The van der Waals surface area contributed by atoms with E-state index in [1.807, 2.05) is 18.2 Å². The van der Waals surface area contributed by atoms with Crippen molar-refractivity contribution >= 4 is 35.0 Å². The minimum absolute atomic E-state index is 0.429. The summed E-state index contributed by atoms with van der Waals surface area (Å²) in [6.45, 7) is 0. The van der Waals surface area contributed by atoms with E-state index in [9.17, 15) is 0 Å². The molecule has 86 valence electrons. The Bertz CT molecular complexity index is 537. The van der Waals surface area contributed by atoms with Crippen LogP contribution >= 0.6 is 23.8 Å². The molecule has 1 N–H and O–H groups in total. The maximum Gasteiger partial charge on any atom is 0.162 e. The summed E-state index contributed by atoms with van der Waals surface area (Å²) >= 11 is 11.0. The largest absolute Gasteiger partial charge is 0.462 e. The van der Waals surface area contributed by atoms with Crippen LogP contribution in [0.3, 0.4) is 0 Å². The number of hydrogen-bond donors (Lipinski definition) is 1. The fourth-order valence-electron chi connectivity index (χ4n) is 1.20. The summed E-state index contributed by atoms with van der Waals surface area (Å²) in [4.78, 5) is 0.429. The standard InChI is InChI=1S/C12H9ClN2OS/c13-10-5-2-1-4-9(10)8-14-15-12(17)11-6-3-7-16-11/h1-8H,(H,15,17)/b14-8+. The van der Waals surface area contributed by atoms with Gasteiger partial charge in [0.2, 0.25) is 0 Å². The molecule has 3 nitrogen and oxygen atoms in total. The van der Waals surface area contributed by atoms with E-state index in [2.05, 4.69) is 10.5 Å². The lowest BCUT2D eigenvalue weighted by molar-refractivity contribution is 0.556. The molecule has 0 fully saturated rings. The lowest BCUT2D eigenvalue weighted by atomic mass is 10.2. The molecule has 0 aliphatic heterocycles. The van der Waals surface area contributed by atoms with E-state index in [0.717, 1.165) is 5.56 Å². The van der Waals surface area contributed by atoms with Crippen molar-refractivity contribution in [1.29, 1.82) is 0 Å². The fraction of sp³-hybridized carbons (Fsp3) is 0. The molecule has 0 saturated carbocycles. The van der Waals surface area contributed by atoms with Crippen LogP contribution < -0.4 is 5.43 Å². The van der Waals surface area contributed by atoms with Gasteiger partial charge in [-0.2, -0.15) is 5.10 Å². The Balaban J connectivity index is 1.99. The highest BCUT2D eigenvalue weighted by Gasteiger charge is 2.01. The maximum atomic E-state index is 5.97. The van der Waals surface area contributed by atoms with Crippen molar-refractivity contribution in [3.05, 3.63) is 59.0 Å². The molecule has 17 heavy (non-hydrogen) atoms. The van der Waals surface area contributed by atoms with Gasteiger partial charge in [0, 0.05) is 10.6 Å². The molecule has 0 atom stereocenters. The first-order valence-electron chi connectivity index (χ1n) is 4.89. The van der Waals surface area contributed by atoms with E-state index in [1.165, 1.54) is 0 Å². The van der Waals surface area contributed by atoms with E-state index in [-0.39, 0.29) is 0 Å². The van der Waals surface area contributed by atoms with Crippen LogP contribution in [0.25, 0.3) is 0 Å². The number of hydrogen-bond acceptors (Lipinski definition) is 3. The molecular formula is C12H9ClN2OS. The highest BCUT2D eigenvalue weighted by molar-refractivity contribution is 7.80. The van der Waals surface area contributed by atoms with Gasteiger partial charge in [0.25, 0.3) is 0 Å². The Morgan fingerprint density at radius 3 is 2.82 bits per heavy atom. The first-order valence-corrected chi connectivity index (χ1v) is 5.67. The zero-order valence-corrected chi connectivity index (χ0v) is 10.3. The van der Waals surface area contributed by atoms with Gasteiger partial charge in [-0.05, 0) is 18.2 Å². The Morgan fingerprint density at radius 1 is 1.29 bits per heavy atom. The van der Waals surface area contributed by atoms with E-state index in [1.54, 1.807) is 30.7 Å². The maximum absolute atomic E-state index is 5.97. The van der Waals surface area contributed by atoms with Crippen LogP contribution in [0, 0.1) is 0 Å². The predicted molar refractivity (Wildman–Crippen MR) is 72.6 cm³/mol. The minimum atomic E-state index is 0.429. The molecule has 2 aromatic rings. The van der Waals surface area contributed by atoms with Crippen molar-refractivity contribution in [2.24, 2.45) is 5.10 Å². The number of hydrazone groups is 1. The summed E-state index contributed by atoms with van der Waals surface area (Å²) in [6, 6.07) is 10.9. The zero-order valence-electron chi connectivity index (χ0n) is 8.76. The van der Waals surface area contributed by atoms with Crippen LogP contribution in [0.1, 0.15) is 11.3 Å². The molecule has 2 rings (SSSR count). The highest BCUT2D eigenvalue weighted by Crippen LogP contribution is 2.12. The summed E-state index contributed by atoms with van der Waals surface area (Å²) in [5, 5.41) is 4.64. The molecule has 1 aromatic heterocycles. The molecule has 1 aromatic carbocycles. The zero-order chi connectivity index (χ0) is 12.1. The number of benzene rings is 1. The van der Waals surface area contributed by atoms with Gasteiger partial charge >= 0.3 is 0 Å². The topological polar surface area (TPSA) is 37.5 Å². The Kier molecular flexibility index (Phi) is 3.90. The molecule has 0 aliphatic carbocycles. The highest BCUT2D eigenvalue weighted by atomic mass is 35.5. The van der Waals surface area contributed by atoms with Crippen LogP contribution in [-0.4, -0.2) is 11.2 Å². The molecule has 1 heterocycles. The Hall–Kier alpha value is -1.65. The third-order valence-electron chi connectivity index (χ3n) is 2.02. The molecule has 0 saturated heterocycles. The molecular weight excluding hydrogens is 256 g/mol. The van der Waals surface area contributed by atoms with E-state index in [4.69, 9.17) is 28.2 Å². The molecule has 0 unspecified atom stereocenters. The van der Waals surface area contributed by atoms with Crippen LogP contribution in [0.15, 0.2) is 52.2 Å². The first-order chi connectivity index (χ1) is 8.27. The lowest BCUT2D eigenvalue weighted by Gasteiger charge is -1.99. The normalized spacial score (nSPS) is 10.6. The van der Waals surface area contributed by atoms with Gasteiger partial charge < -0.3 is 4.42 Å². The van der Waals surface area contributed by atoms with Crippen LogP contribution in [0.4, 0.5) is 0 Å². The van der Waals surface area contributed by atoms with Crippen molar-refractivity contribution < 1.29 is 4.42 Å². The second-order valence-electron chi connectivity index (χ2n) is 3.20. The van der Waals surface area contributed by atoms with Crippen molar-refractivity contribution in [1.82, 2.24) is 5.43 Å². The summed E-state index contributed by atoms with van der Waals surface area (Å²) < 4.78 is 5.12. The predicted octanol–water partition coefficient (Wildman–Crippen LogP) is 3.23. The van der Waals surface area contributed by atoms with Gasteiger partial charge in [0.05, 0.1) is 12.5 Å². The number of furan rings is 1. The Morgan fingerprint density at radius 2 is 2.12 bits per heavy atom. The second kappa shape index (κ2) is 5.61. The number of nitrogens with zero attached hydrogens (tertiary/aromatic N) is 1. The van der Waals surface area contributed by atoms with Crippen molar-refractivity contribution in [2.45, 2.75) is 0 Å². The van der Waals surface area contributed by atoms with Gasteiger partial charge in [0.15, 0.2) is 10.7 Å². The molecule has 0 radical (unpaired) electrons. The summed E-state index contributed by atoms with van der Waals surface area (Å²) in [6.07, 6.45) is 3.17. The second-order valence-corrected chi connectivity index (χ2v) is 4.01. The minimum Gasteiger partial charge on any atom is -0.462 e. The molecule has 0 aliphatic rings. The van der Waals surface area contributed by atoms with Crippen LogP contribution in [0.2, 0.25) is 5.02 Å².